The molecule has 1 amide bonds. The number of carbonyl (C=O) groups is 1. The van der Waals surface area contributed by atoms with Crippen LogP contribution in [0.15, 0.2) is 61.4 Å². The summed E-state index contributed by atoms with van der Waals surface area (Å²) in [6, 6.07) is 11.7. The summed E-state index contributed by atoms with van der Waals surface area (Å²) in [6.45, 7) is 7.90. The summed E-state index contributed by atoms with van der Waals surface area (Å²) in [5.41, 5.74) is 1.32. The van der Waals surface area contributed by atoms with Crippen LogP contribution in [0.5, 0.6) is 5.75 Å². The second kappa shape index (κ2) is 8.15. The monoisotopic (exact) mass is 377 g/mol. The van der Waals surface area contributed by atoms with Crippen molar-refractivity contribution in [1.29, 1.82) is 0 Å². The molecule has 0 radical (unpaired) electrons. The standard InChI is InChI=1S/C23H27N3O2/c1-2-13-25-14-6-10-23(11-15-25)18-26(22(27)19-8-5-12-24-16-19)17-20-7-3-4-9-21(20)28-23/h2-5,7-9,12,16H,1,6,10-11,13-15,17-18H2. The number of hydrogen-bond donors (Lipinski definition) is 0. The molecular weight excluding hydrogens is 350 g/mol. The van der Waals surface area contributed by atoms with Crippen LogP contribution in [0.25, 0.3) is 0 Å². The maximum atomic E-state index is 13.2. The number of rotatable bonds is 3. The highest BCUT2D eigenvalue weighted by molar-refractivity contribution is 5.94. The van der Waals surface area contributed by atoms with Crippen LogP contribution >= 0.6 is 0 Å². The smallest absolute Gasteiger partial charge is 0.255 e. The summed E-state index contributed by atoms with van der Waals surface area (Å²) in [5, 5.41) is 0. The van der Waals surface area contributed by atoms with Gasteiger partial charge in [0, 0.05) is 44.0 Å². The van der Waals surface area contributed by atoms with E-state index < -0.39 is 0 Å². The molecule has 5 nitrogen and oxygen atoms in total. The van der Waals surface area contributed by atoms with Crippen LogP contribution in [0.1, 0.15) is 35.2 Å². The number of nitrogens with zero attached hydrogens (tertiary/aromatic N) is 3. The molecule has 0 saturated carbocycles. The first-order valence-corrected chi connectivity index (χ1v) is 9.99. The van der Waals surface area contributed by atoms with Crippen LogP contribution in [-0.4, -0.2) is 52.5 Å². The molecule has 28 heavy (non-hydrogen) atoms. The Bertz CT molecular complexity index is 839. The molecule has 1 fully saturated rings. The summed E-state index contributed by atoms with van der Waals surface area (Å²) in [4.78, 5) is 21.7. The van der Waals surface area contributed by atoms with E-state index in [0.717, 1.165) is 50.2 Å². The molecule has 0 N–H and O–H groups in total. The Balaban J connectivity index is 1.65. The number of carbonyl (C=O) groups excluding carboxylic acids is 1. The predicted molar refractivity (Wildman–Crippen MR) is 109 cm³/mol. The molecule has 1 saturated heterocycles. The fraction of sp³-hybridized carbons (Fsp3) is 0.391. The summed E-state index contributed by atoms with van der Waals surface area (Å²) in [7, 11) is 0. The Morgan fingerprint density at radius 2 is 2.11 bits per heavy atom. The number of amides is 1. The topological polar surface area (TPSA) is 45.7 Å². The Kier molecular flexibility index (Phi) is 5.44. The van der Waals surface area contributed by atoms with Crippen molar-refractivity contribution in [1.82, 2.24) is 14.8 Å². The lowest BCUT2D eigenvalue weighted by atomic mass is 9.93. The first-order valence-electron chi connectivity index (χ1n) is 9.99. The number of likely N-dealkylation sites (tertiary alicyclic amines) is 1. The van der Waals surface area contributed by atoms with Crippen LogP contribution in [0.2, 0.25) is 0 Å². The third kappa shape index (κ3) is 3.94. The van der Waals surface area contributed by atoms with E-state index in [4.69, 9.17) is 4.74 Å². The van der Waals surface area contributed by atoms with E-state index in [1.807, 2.05) is 41.3 Å². The zero-order valence-electron chi connectivity index (χ0n) is 16.2. The van der Waals surface area contributed by atoms with Crippen molar-refractivity contribution in [2.75, 3.05) is 26.2 Å². The lowest BCUT2D eigenvalue weighted by molar-refractivity contribution is 0.0218. The van der Waals surface area contributed by atoms with Crippen molar-refractivity contribution >= 4 is 5.91 Å². The maximum Gasteiger partial charge on any atom is 0.255 e. The maximum absolute atomic E-state index is 13.2. The summed E-state index contributed by atoms with van der Waals surface area (Å²) >= 11 is 0. The van der Waals surface area contributed by atoms with Gasteiger partial charge in [-0.05, 0) is 37.6 Å². The minimum atomic E-state index is -0.361. The fourth-order valence-electron chi connectivity index (χ4n) is 4.27. The predicted octanol–water partition coefficient (Wildman–Crippen LogP) is 3.53. The lowest BCUT2D eigenvalue weighted by Crippen LogP contribution is -2.48. The van der Waals surface area contributed by atoms with Gasteiger partial charge in [0.1, 0.15) is 11.4 Å². The lowest BCUT2D eigenvalue weighted by Gasteiger charge is -2.35. The molecule has 2 aromatic rings. The highest BCUT2D eigenvalue weighted by Crippen LogP contribution is 2.36. The number of para-hydroxylation sites is 1. The van der Waals surface area contributed by atoms with Crippen LogP contribution in [0.4, 0.5) is 0 Å². The molecule has 0 bridgehead atoms. The van der Waals surface area contributed by atoms with Gasteiger partial charge in [-0.3, -0.25) is 14.7 Å². The molecule has 2 aliphatic rings. The molecule has 1 spiro atoms. The Morgan fingerprint density at radius 3 is 2.93 bits per heavy atom. The van der Waals surface area contributed by atoms with Gasteiger partial charge in [-0.25, -0.2) is 0 Å². The number of aromatic nitrogens is 1. The molecule has 1 aromatic heterocycles. The highest BCUT2D eigenvalue weighted by atomic mass is 16.5. The van der Waals surface area contributed by atoms with Crippen molar-refractivity contribution in [3.05, 3.63) is 72.6 Å². The van der Waals surface area contributed by atoms with E-state index in [-0.39, 0.29) is 11.5 Å². The van der Waals surface area contributed by atoms with Crippen LogP contribution < -0.4 is 4.74 Å². The molecule has 5 heteroatoms. The van der Waals surface area contributed by atoms with E-state index in [9.17, 15) is 4.79 Å². The fourth-order valence-corrected chi connectivity index (χ4v) is 4.27. The van der Waals surface area contributed by atoms with Gasteiger partial charge in [-0.1, -0.05) is 24.3 Å². The largest absolute Gasteiger partial charge is 0.485 e. The minimum absolute atomic E-state index is 0.0139. The molecule has 3 heterocycles. The van der Waals surface area contributed by atoms with E-state index in [1.54, 1.807) is 12.4 Å². The second-order valence-corrected chi connectivity index (χ2v) is 7.74. The van der Waals surface area contributed by atoms with Gasteiger partial charge in [0.2, 0.25) is 0 Å². The van der Waals surface area contributed by atoms with Gasteiger partial charge in [0.25, 0.3) is 5.91 Å². The minimum Gasteiger partial charge on any atom is -0.485 e. The first kappa shape index (κ1) is 18.7. The SMILES string of the molecule is C=CCN1CCCC2(CC1)CN(C(=O)c1cccnc1)Cc1ccccc1O2. The molecule has 1 unspecified atom stereocenters. The summed E-state index contributed by atoms with van der Waals surface area (Å²) < 4.78 is 6.65. The van der Waals surface area contributed by atoms with E-state index in [2.05, 4.69) is 22.5 Å². The van der Waals surface area contributed by atoms with E-state index >= 15 is 0 Å². The zero-order chi connectivity index (χ0) is 19.4. The van der Waals surface area contributed by atoms with E-state index in [1.165, 1.54) is 0 Å². The average molecular weight is 377 g/mol. The van der Waals surface area contributed by atoms with Crippen LogP contribution in [-0.2, 0) is 6.54 Å². The van der Waals surface area contributed by atoms with E-state index in [0.29, 0.717) is 18.7 Å². The van der Waals surface area contributed by atoms with Crippen molar-refractivity contribution in [3.8, 4) is 5.75 Å². The van der Waals surface area contributed by atoms with Gasteiger partial charge in [0.05, 0.1) is 12.1 Å². The van der Waals surface area contributed by atoms with Gasteiger partial charge < -0.3 is 9.64 Å². The number of hydrogen-bond acceptors (Lipinski definition) is 4. The van der Waals surface area contributed by atoms with Crippen LogP contribution in [0, 0.1) is 0 Å². The number of benzene rings is 1. The molecule has 146 valence electrons. The summed E-state index contributed by atoms with van der Waals surface area (Å²) in [5.74, 6) is 0.918. The Hall–Kier alpha value is -2.66. The van der Waals surface area contributed by atoms with Gasteiger partial charge in [0.15, 0.2) is 0 Å². The second-order valence-electron chi connectivity index (χ2n) is 7.74. The van der Waals surface area contributed by atoms with Gasteiger partial charge >= 0.3 is 0 Å². The van der Waals surface area contributed by atoms with Gasteiger partial charge in [-0.2, -0.15) is 0 Å². The molecule has 1 aromatic carbocycles. The third-order valence-electron chi connectivity index (χ3n) is 5.71. The number of fused-ring (bicyclic) bond motifs is 1. The quantitative estimate of drug-likeness (QED) is 0.768. The third-order valence-corrected chi connectivity index (χ3v) is 5.71. The van der Waals surface area contributed by atoms with Crippen molar-refractivity contribution in [2.24, 2.45) is 0 Å². The zero-order valence-corrected chi connectivity index (χ0v) is 16.2. The number of pyridine rings is 1. The average Bonchev–Trinajstić information content (AvgIpc) is 3.02. The molecule has 1 atom stereocenters. The van der Waals surface area contributed by atoms with Crippen molar-refractivity contribution < 1.29 is 9.53 Å². The highest BCUT2D eigenvalue weighted by Gasteiger charge is 2.40. The molecule has 2 aliphatic heterocycles. The molecule has 0 aliphatic carbocycles. The summed E-state index contributed by atoms with van der Waals surface area (Å²) in [6.07, 6.45) is 8.17. The normalized spacial score (nSPS) is 22.6. The van der Waals surface area contributed by atoms with Gasteiger partial charge in [-0.15, -0.1) is 6.58 Å². The molecule has 4 rings (SSSR count). The van der Waals surface area contributed by atoms with Crippen LogP contribution in [0.3, 0.4) is 0 Å². The molecular formula is C23H27N3O2. The number of ether oxygens (including phenoxy) is 1. The van der Waals surface area contributed by atoms with Crippen molar-refractivity contribution in [3.63, 3.8) is 0 Å². The Labute approximate surface area is 166 Å². The Morgan fingerprint density at radius 1 is 1.21 bits per heavy atom. The first-order chi connectivity index (χ1) is 13.7. The van der Waals surface area contributed by atoms with Crippen molar-refractivity contribution in [2.45, 2.75) is 31.4 Å².